The molecule has 0 saturated heterocycles. The van der Waals surface area contributed by atoms with Gasteiger partial charge in [-0.15, -0.1) is 0 Å². The standard InChI is InChI=1S/C12H19IN2OS/c1-4-5-17-7-10-14-9(6-8(2)3)11(13)12(16)15-10/h8H,4-7H2,1-3H3,(H,14,15,16). The maximum absolute atomic E-state index is 11.8. The van der Waals surface area contributed by atoms with E-state index in [2.05, 4.69) is 53.3 Å². The molecule has 1 rings (SSSR count). The minimum absolute atomic E-state index is 0.00310. The van der Waals surface area contributed by atoms with Crippen molar-refractivity contribution in [1.29, 1.82) is 0 Å². The summed E-state index contributed by atoms with van der Waals surface area (Å²) >= 11 is 3.90. The zero-order chi connectivity index (χ0) is 12.8. The Hall–Kier alpha value is -0.0400. The van der Waals surface area contributed by atoms with E-state index in [0.717, 1.165) is 39.4 Å². The molecular formula is C12H19IN2OS. The molecule has 96 valence electrons. The van der Waals surface area contributed by atoms with Crippen molar-refractivity contribution in [2.75, 3.05) is 5.75 Å². The second-order valence-corrected chi connectivity index (χ2v) is 6.61. The fraction of sp³-hybridized carbons (Fsp3) is 0.667. The van der Waals surface area contributed by atoms with E-state index >= 15 is 0 Å². The highest BCUT2D eigenvalue weighted by Gasteiger charge is 2.10. The predicted molar refractivity (Wildman–Crippen MR) is 82.6 cm³/mol. The molecule has 0 atom stereocenters. The van der Waals surface area contributed by atoms with Crippen molar-refractivity contribution < 1.29 is 0 Å². The number of nitrogens with zero attached hydrogens (tertiary/aromatic N) is 1. The van der Waals surface area contributed by atoms with Crippen LogP contribution in [0.15, 0.2) is 4.79 Å². The van der Waals surface area contributed by atoms with Crippen molar-refractivity contribution in [2.24, 2.45) is 5.92 Å². The Balaban J connectivity index is 2.86. The van der Waals surface area contributed by atoms with E-state index in [4.69, 9.17) is 0 Å². The summed E-state index contributed by atoms with van der Waals surface area (Å²) in [6, 6.07) is 0. The van der Waals surface area contributed by atoms with Crippen LogP contribution in [-0.2, 0) is 12.2 Å². The number of rotatable bonds is 6. The lowest BCUT2D eigenvalue weighted by Crippen LogP contribution is -2.18. The van der Waals surface area contributed by atoms with Gasteiger partial charge in [0.1, 0.15) is 5.82 Å². The van der Waals surface area contributed by atoms with Gasteiger partial charge in [0.25, 0.3) is 5.56 Å². The first-order valence-electron chi connectivity index (χ1n) is 5.89. The number of aromatic nitrogens is 2. The van der Waals surface area contributed by atoms with Gasteiger partial charge in [0.2, 0.25) is 0 Å². The summed E-state index contributed by atoms with van der Waals surface area (Å²) in [5, 5.41) is 0. The van der Waals surface area contributed by atoms with Gasteiger partial charge in [0, 0.05) is 0 Å². The molecule has 0 unspecified atom stereocenters. The average molecular weight is 366 g/mol. The summed E-state index contributed by atoms with van der Waals surface area (Å²) in [5.74, 6) is 3.24. The van der Waals surface area contributed by atoms with Gasteiger partial charge >= 0.3 is 0 Å². The Labute approximate surface area is 120 Å². The topological polar surface area (TPSA) is 45.8 Å². The van der Waals surface area contributed by atoms with Gasteiger partial charge in [0.15, 0.2) is 0 Å². The largest absolute Gasteiger partial charge is 0.309 e. The van der Waals surface area contributed by atoms with Crippen molar-refractivity contribution >= 4 is 34.4 Å². The molecule has 0 saturated carbocycles. The van der Waals surface area contributed by atoms with Crippen LogP contribution in [0.1, 0.15) is 38.7 Å². The van der Waals surface area contributed by atoms with Crippen LogP contribution in [0.2, 0.25) is 0 Å². The van der Waals surface area contributed by atoms with Gasteiger partial charge < -0.3 is 4.98 Å². The van der Waals surface area contributed by atoms with Gasteiger partial charge in [-0.25, -0.2) is 4.98 Å². The summed E-state index contributed by atoms with van der Waals surface area (Å²) in [6.07, 6.45) is 2.02. The van der Waals surface area contributed by atoms with Crippen LogP contribution in [0.25, 0.3) is 0 Å². The van der Waals surface area contributed by atoms with Crippen molar-refractivity contribution in [1.82, 2.24) is 9.97 Å². The van der Waals surface area contributed by atoms with Crippen LogP contribution in [-0.4, -0.2) is 15.7 Å². The molecule has 0 aliphatic rings. The van der Waals surface area contributed by atoms with Crippen LogP contribution < -0.4 is 5.56 Å². The molecule has 0 bridgehead atoms. The molecule has 5 heteroatoms. The molecule has 1 aromatic rings. The van der Waals surface area contributed by atoms with Gasteiger partial charge in [-0.2, -0.15) is 11.8 Å². The first kappa shape index (κ1) is 15.0. The van der Waals surface area contributed by atoms with E-state index < -0.39 is 0 Å². The lowest BCUT2D eigenvalue weighted by Gasteiger charge is -2.08. The first-order chi connectivity index (χ1) is 8.04. The van der Waals surface area contributed by atoms with E-state index in [-0.39, 0.29) is 5.56 Å². The van der Waals surface area contributed by atoms with Crippen LogP contribution in [0.3, 0.4) is 0 Å². The number of H-pyrrole nitrogens is 1. The Bertz CT molecular complexity index is 417. The molecule has 0 aliphatic carbocycles. The van der Waals surface area contributed by atoms with E-state index in [9.17, 15) is 4.79 Å². The normalized spacial score (nSPS) is 11.1. The summed E-state index contributed by atoms with van der Waals surface area (Å²) in [5.41, 5.74) is 0.944. The lowest BCUT2D eigenvalue weighted by atomic mass is 10.1. The van der Waals surface area contributed by atoms with Crippen LogP contribution in [0, 0.1) is 9.49 Å². The highest BCUT2D eigenvalue weighted by Crippen LogP contribution is 2.13. The van der Waals surface area contributed by atoms with Crippen LogP contribution in [0.5, 0.6) is 0 Å². The summed E-state index contributed by atoms with van der Waals surface area (Å²) in [6.45, 7) is 6.44. The lowest BCUT2D eigenvalue weighted by molar-refractivity contribution is 0.627. The Kier molecular flexibility index (Phi) is 6.54. The van der Waals surface area contributed by atoms with E-state index in [1.165, 1.54) is 0 Å². The van der Waals surface area contributed by atoms with E-state index in [1.807, 2.05) is 11.8 Å². The zero-order valence-corrected chi connectivity index (χ0v) is 13.5. The molecule has 3 nitrogen and oxygen atoms in total. The molecular weight excluding hydrogens is 347 g/mol. The second kappa shape index (κ2) is 7.41. The first-order valence-corrected chi connectivity index (χ1v) is 8.13. The van der Waals surface area contributed by atoms with E-state index in [1.54, 1.807) is 0 Å². The monoisotopic (exact) mass is 366 g/mol. The SMILES string of the molecule is CCCSCc1nc(CC(C)C)c(I)c(=O)[nH]1. The average Bonchev–Trinajstić information content (AvgIpc) is 2.25. The van der Waals surface area contributed by atoms with Crippen molar-refractivity contribution in [3.8, 4) is 0 Å². The zero-order valence-electron chi connectivity index (χ0n) is 10.5. The molecule has 0 spiro atoms. The predicted octanol–water partition coefficient (Wildman–Crippen LogP) is 3.22. The second-order valence-electron chi connectivity index (χ2n) is 4.42. The fourth-order valence-corrected chi connectivity index (χ4v) is 2.70. The minimum Gasteiger partial charge on any atom is -0.309 e. The molecule has 1 heterocycles. The third-order valence-corrected chi connectivity index (χ3v) is 4.46. The van der Waals surface area contributed by atoms with Gasteiger partial charge in [-0.1, -0.05) is 20.8 Å². The Morgan fingerprint density at radius 1 is 1.47 bits per heavy atom. The third kappa shape index (κ3) is 4.99. The van der Waals surface area contributed by atoms with E-state index in [0.29, 0.717) is 5.92 Å². The number of hydrogen-bond donors (Lipinski definition) is 1. The van der Waals surface area contributed by atoms with Gasteiger partial charge in [0.05, 0.1) is 15.0 Å². The number of thioether (sulfide) groups is 1. The minimum atomic E-state index is 0.00310. The number of aromatic amines is 1. The number of hydrogen-bond acceptors (Lipinski definition) is 3. The summed E-state index contributed by atoms with van der Waals surface area (Å²) in [4.78, 5) is 19.2. The quantitative estimate of drug-likeness (QED) is 0.621. The third-order valence-electron chi connectivity index (χ3n) is 2.17. The molecule has 0 aliphatic heterocycles. The van der Waals surface area contributed by atoms with Gasteiger partial charge in [-0.3, -0.25) is 4.79 Å². The highest BCUT2D eigenvalue weighted by molar-refractivity contribution is 14.1. The molecule has 1 aromatic heterocycles. The van der Waals surface area contributed by atoms with Crippen LogP contribution >= 0.6 is 34.4 Å². The fourth-order valence-electron chi connectivity index (χ4n) is 1.46. The number of nitrogens with one attached hydrogen (secondary N) is 1. The highest BCUT2D eigenvalue weighted by atomic mass is 127. The molecule has 0 amide bonds. The molecule has 1 N–H and O–H groups in total. The molecule has 17 heavy (non-hydrogen) atoms. The maximum Gasteiger partial charge on any atom is 0.264 e. The number of halogens is 1. The maximum atomic E-state index is 11.8. The molecule has 0 aromatic carbocycles. The Morgan fingerprint density at radius 3 is 2.76 bits per heavy atom. The van der Waals surface area contributed by atoms with Gasteiger partial charge in [-0.05, 0) is 47.1 Å². The van der Waals surface area contributed by atoms with Crippen molar-refractivity contribution in [2.45, 2.75) is 39.4 Å². The van der Waals surface area contributed by atoms with Crippen LogP contribution in [0.4, 0.5) is 0 Å². The molecule has 0 fully saturated rings. The Morgan fingerprint density at radius 2 is 2.18 bits per heavy atom. The van der Waals surface area contributed by atoms with Crippen molar-refractivity contribution in [3.63, 3.8) is 0 Å². The smallest absolute Gasteiger partial charge is 0.264 e. The summed E-state index contributed by atoms with van der Waals surface area (Å²) < 4.78 is 0.737. The van der Waals surface area contributed by atoms with Crippen molar-refractivity contribution in [3.05, 3.63) is 25.4 Å². The summed E-state index contributed by atoms with van der Waals surface area (Å²) in [7, 11) is 0. The molecule has 0 radical (unpaired) electrons.